The highest BCUT2D eigenvalue weighted by Crippen LogP contribution is 2.33. The largest absolute Gasteiger partial charge is 0.286 e. The second-order valence-corrected chi connectivity index (χ2v) is 8.14. The van der Waals surface area contributed by atoms with Crippen LogP contribution in [0.3, 0.4) is 0 Å². The van der Waals surface area contributed by atoms with Crippen molar-refractivity contribution in [1.82, 2.24) is 9.80 Å². The van der Waals surface area contributed by atoms with Gasteiger partial charge in [-0.2, -0.15) is 0 Å². The maximum absolute atomic E-state index is 12.6. The van der Waals surface area contributed by atoms with E-state index in [2.05, 4.69) is 30.9 Å². The minimum Gasteiger partial charge on any atom is -0.286 e. The minimum absolute atomic E-state index is 0.0409. The van der Waals surface area contributed by atoms with Gasteiger partial charge in [-0.05, 0) is 37.3 Å². The normalized spacial score (nSPS) is 22.3. The van der Waals surface area contributed by atoms with Crippen LogP contribution in [-0.2, 0) is 4.79 Å². The van der Waals surface area contributed by atoms with Gasteiger partial charge >= 0.3 is 0 Å². The van der Waals surface area contributed by atoms with Gasteiger partial charge in [-0.1, -0.05) is 60.7 Å². The van der Waals surface area contributed by atoms with Gasteiger partial charge in [-0.25, -0.2) is 0 Å². The number of hydrogen-bond acceptors (Lipinski definition) is 4. The highest BCUT2D eigenvalue weighted by molar-refractivity contribution is 8.26. The van der Waals surface area contributed by atoms with Gasteiger partial charge in [-0.3, -0.25) is 14.6 Å². The van der Waals surface area contributed by atoms with E-state index in [1.807, 2.05) is 18.2 Å². The molecule has 0 unspecified atom stereocenters. The molecular weight excluding hydrogens is 324 g/mol. The summed E-state index contributed by atoms with van der Waals surface area (Å²) in [5, 5.41) is 0. The topological polar surface area (TPSA) is 23.6 Å². The molecule has 0 aliphatic carbocycles. The van der Waals surface area contributed by atoms with Crippen LogP contribution in [0.1, 0.15) is 30.9 Å². The van der Waals surface area contributed by atoms with Gasteiger partial charge < -0.3 is 0 Å². The highest BCUT2D eigenvalue weighted by atomic mass is 32.2. The molecule has 1 aromatic rings. The molecule has 2 aliphatic rings. The Kier molecular flexibility index (Phi) is 5.19. The average molecular weight is 347 g/mol. The average Bonchev–Trinajstić information content (AvgIpc) is 2.79. The number of benzene rings is 1. The van der Waals surface area contributed by atoms with Crippen molar-refractivity contribution in [2.45, 2.75) is 26.7 Å². The van der Waals surface area contributed by atoms with E-state index in [-0.39, 0.29) is 5.91 Å². The number of aryl methyl sites for hydroxylation is 1. The van der Waals surface area contributed by atoms with Crippen molar-refractivity contribution in [3.05, 3.63) is 40.3 Å². The first-order valence-electron chi connectivity index (χ1n) is 8.07. The van der Waals surface area contributed by atoms with E-state index in [0.717, 1.165) is 29.5 Å². The molecule has 5 heteroatoms. The fourth-order valence-corrected chi connectivity index (χ4v) is 4.08. The lowest BCUT2D eigenvalue weighted by atomic mass is 10.00. The van der Waals surface area contributed by atoms with Gasteiger partial charge in [0.2, 0.25) is 0 Å². The van der Waals surface area contributed by atoms with Crippen molar-refractivity contribution < 1.29 is 4.79 Å². The fraction of sp³-hybridized carbons (Fsp3) is 0.444. The molecule has 3 nitrogen and oxygen atoms in total. The molecule has 2 heterocycles. The van der Waals surface area contributed by atoms with Crippen LogP contribution in [0, 0.1) is 12.8 Å². The SMILES string of the molecule is Cc1ccc(C=C2SC(=S)N(CN3CCC(C)CC3)C2=O)cc1. The summed E-state index contributed by atoms with van der Waals surface area (Å²) in [7, 11) is 0. The van der Waals surface area contributed by atoms with Crippen molar-refractivity contribution in [3.8, 4) is 0 Å². The van der Waals surface area contributed by atoms with E-state index in [4.69, 9.17) is 12.2 Å². The summed E-state index contributed by atoms with van der Waals surface area (Å²) < 4.78 is 0.673. The lowest BCUT2D eigenvalue weighted by molar-refractivity contribution is -0.123. The molecule has 2 fully saturated rings. The second-order valence-electron chi connectivity index (χ2n) is 6.46. The van der Waals surface area contributed by atoms with Crippen LogP contribution in [0.2, 0.25) is 0 Å². The van der Waals surface area contributed by atoms with E-state index < -0.39 is 0 Å². The Hall–Kier alpha value is -1.17. The Morgan fingerprint density at radius 1 is 1.26 bits per heavy atom. The fourth-order valence-electron chi connectivity index (χ4n) is 2.84. The summed E-state index contributed by atoms with van der Waals surface area (Å²) in [5.41, 5.74) is 2.26. The molecule has 122 valence electrons. The van der Waals surface area contributed by atoms with Crippen molar-refractivity contribution in [1.29, 1.82) is 0 Å². The maximum atomic E-state index is 12.6. The van der Waals surface area contributed by atoms with Crippen LogP contribution in [-0.4, -0.2) is 39.8 Å². The Morgan fingerprint density at radius 3 is 2.57 bits per heavy atom. The van der Waals surface area contributed by atoms with Gasteiger partial charge in [0, 0.05) is 13.1 Å². The van der Waals surface area contributed by atoms with Gasteiger partial charge in [0.1, 0.15) is 4.32 Å². The van der Waals surface area contributed by atoms with Crippen molar-refractivity contribution in [3.63, 3.8) is 0 Å². The zero-order chi connectivity index (χ0) is 16.4. The first kappa shape index (κ1) is 16.7. The van der Waals surface area contributed by atoms with E-state index in [1.165, 1.54) is 30.2 Å². The highest BCUT2D eigenvalue weighted by Gasteiger charge is 2.33. The van der Waals surface area contributed by atoms with Crippen molar-refractivity contribution in [2.24, 2.45) is 5.92 Å². The van der Waals surface area contributed by atoms with Gasteiger partial charge in [0.25, 0.3) is 5.91 Å². The number of likely N-dealkylation sites (tertiary alicyclic amines) is 1. The monoisotopic (exact) mass is 346 g/mol. The zero-order valence-corrected chi connectivity index (χ0v) is 15.3. The summed E-state index contributed by atoms with van der Waals surface area (Å²) in [6.45, 7) is 7.08. The molecule has 0 aromatic heterocycles. The lowest BCUT2D eigenvalue weighted by Gasteiger charge is -2.32. The number of carbonyl (C=O) groups excluding carboxylic acids is 1. The Balaban J connectivity index is 1.68. The van der Waals surface area contributed by atoms with Gasteiger partial charge in [0.15, 0.2) is 0 Å². The Labute approximate surface area is 147 Å². The number of thiocarbonyl (C=S) groups is 1. The lowest BCUT2D eigenvalue weighted by Crippen LogP contribution is -2.43. The predicted octanol–water partition coefficient (Wildman–Crippen LogP) is 3.89. The number of rotatable bonds is 3. The molecule has 0 bridgehead atoms. The molecule has 1 amide bonds. The Bertz CT molecular complexity index is 631. The molecule has 1 aromatic carbocycles. The van der Waals surface area contributed by atoms with Crippen LogP contribution in [0.25, 0.3) is 6.08 Å². The third-order valence-electron chi connectivity index (χ3n) is 4.47. The third kappa shape index (κ3) is 4.03. The molecule has 0 N–H and O–H groups in total. The first-order valence-corrected chi connectivity index (χ1v) is 9.30. The molecule has 0 spiro atoms. The predicted molar refractivity (Wildman–Crippen MR) is 101 cm³/mol. The molecular formula is C18H22N2OS2. The molecule has 0 saturated carbocycles. The number of nitrogens with zero attached hydrogens (tertiary/aromatic N) is 2. The number of hydrogen-bond donors (Lipinski definition) is 0. The number of amides is 1. The maximum Gasteiger partial charge on any atom is 0.267 e. The number of carbonyl (C=O) groups is 1. The van der Waals surface area contributed by atoms with Crippen LogP contribution in [0.5, 0.6) is 0 Å². The third-order valence-corrected chi connectivity index (χ3v) is 5.84. The number of thioether (sulfide) groups is 1. The van der Waals surface area contributed by atoms with E-state index >= 15 is 0 Å². The summed E-state index contributed by atoms with van der Waals surface area (Å²) in [5.74, 6) is 0.832. The van der Waals surface area contributed by atoms with Crippen LogP contribution in [0.15, 0.2) is 29.2 Å². The molecule has 3 rings (SSSR count). The quantitative estimate of drug-likeness (QED) is 0.612. The first-order chi connectivity index (χ1) is 11.0. The van der Waals surface area contributed by atoms with Crippen LogP contribution < -0.4 is 0 Å². The summed E-state index contributed by atoms with van der Waals surface area (Å²) in [6, 6.07) is 8.19. The molecule has 23 heavy (non-hydrogen) atoms. The summed E-state index contributed by atoms with van der Waals surface area (Å²) >= 11 is 6.84. The number of piperidine rings is 1. The van der Waals surface area contributed by atoms with Crippen molar-refractivity contribution >= 4 is 40.3 Å². The zero-order valence-electron chi connectivity index (χ0n) is 13.6. The molecule has 0 radical (unpaired) electrons. The second kappa shape index (κ2) is 7.16. The standard InChI is InChI=1S/C18H22N2OS2/c1-13-3-5-15(6-4-13)11-16-17(21)20(18(22)23-16)12-19-9-7-14(2)8-10-19/h3-6,11,14H,7-10,12H2,1-2H3. The van der Waals surface area contributed by atoms with Crippen LogP contribution >= 0.6 is 24.0 Å². The van der Waals surface area contributed by atoms with E-state index in [0.29, 0.717) is 11.0 Å². The minimum atomic E-state index is 0.0409. The Morgan fingerprint density at radius 2 is 1.91 bits per heavy atom. The molecule has 2 saturated heterocycles. The molecule has 0 atom stereocenters. The summed E-state index contributed by atoms with van der Waals surface area (Å²) in [4.78, 5) is 17.5. The molecule has 2 aliphatic heterocycles. The van der Waals surface area contributed by atoms with Crippen molar-refractivity contribution in [2.75, 3.05) is 19.8 Å². The smallest absolute Gasteiger partial charge is 0.267 e. The summed E-state index contributed by atoms with van der Waals surface area (Å²) in [6.07, 6.45) is 4.35. The van der Waals surface area contributed by atoms with Gasteiger partial charge in [-0.15, -0.1) is 0 Å². The van der Waals surface area contributed by atoms with E-state index in [1.54, 1.807) is 4.90 Å². The van der Waals surface area contributed by atoms with Crippen LogP contribution in [0.4, 0.5) is 0 Å². The van der Waals surface area contributed by atoms with E-state index in [9.17, 15) is 4.79 Å². The van der Waals surface area contributed by atoms with Gasteiger partial charge in [0.05, 0.1) is 11.6 Å².